The van der Waals surface area contributed by atoms with Crippen LogP contribution in [0.4, 0.5) is 0 Å². The third kappa shape index (κ3) is 3.83. The number of aliphatic hydroxyl groups is 1. The lowest BCUT2D eigenvalue weighted by molar-refractivity contribution is -0.131. The van der Waals surface area contributed by atoms with Gasteiger partial charge in [0.2, 0.25) is 0 Å². The molecule has 0 radical (unpaired) electrons. The number of aliphatic hydroxyl groups excluding tert-OH is 1. The predicted octanol–water partition coefficient (Wildman–Crippen LogP) is 1.84. The van der Waals surface area contributed by atoms with Crippen molar-refractivity contribution in [3.63, 3.8) is 0 Å². The highest BCUT2D eigenvalue weighted by atomic mass is 79.9. The van der Waals surface area contributed by atoms with E-state index in [9.17, 15) is 15.0 Å². The molecular formula is C12H13BrO5. The lowest BCUT2D eigenvalue weighted by Crippen LogP contribution is -2.19. The van der Waals surface area contributed by atoms with E-state index in [1.54, 1.807) is 12.1 Å². The molecule has 3 N–H and O–H groups in total. The number of ether oxygens (including phenoxy) is 1. The van der Waals surface area contributed by atoms with Crippen LogP contribution in [-0.2, 0) is 9.53 Å². The number of aromatic hydroxyl groups is 1. The minimum Gasteiger partial charge on any atom is -0.508 e. The molecule has 0 spiro atoms. The topological polar surface area (TPSA) is 87.0 Å². The van der Waals surface area contributed by atoms with Gasteiger partial charge in [-0.2, -0.15) is 0 Å². The molecule has 0 fully saturated rings. The van der Waals surface area contributed by atoms with Crippen LogP contribution in [0.1, 0.15) is 11.7 Å². The number of hydrogen-bond donors (Lipinski definition) is 3. The van der Waals surface area contributed by atoms with Crippen LogP contribution in [0.2, 0.25) is 0 Å². The van der Waals surface area contributed by atoms with E-state index < -0.39 is 18.2 Å². The molecule has 6 heteroatoms. The second-order valence-electron chi connectivity index (χ2n) is 3.55. The van der Waals surface area contributed by atoms with E-state index >= 15 is 0 Å². The number of carbonyl (C=O) groups is 1. The molecule has 98 valence electrons. The fourth-order valence-corrected chi connectivity index (χ4v) is 1.81. The summed E-state index contributed by atoms with van der Waals surface area (Å²) in [6.45, 7) is 0. The number of aliphatic carboxylic acids is 1. The van der Waals surface area contributed by atoms with Gasteiger partial charge in [-0.15, -0.1) is 0 Å². The number of halogens is 1. The van der Waals surface area contributed by atoms with Gasteiger partial charge < -0.3 is 20.1 Å². The molecule has 1 rings (SSSR count). The predicted molar refractivity (Wildman–Crippen MR) is 68.3 cm³/mol. The summed E-state index contributed by atoms with van der Waals surface area (Å²) in [5.41, 5.74) is 0.256. The fraction of sp³-hybridized carbons (Fsp3) is 0.250. The van der Waals surface area contributed by atoms with E-state index in [0.29, 0.717) is 4.47 Å². The molecule has 18 heavy (non-hydrogen) atoms. The number of phenols is 1. The van der Waals surface area contributed by atoms with Crippen LogP contribution in [0.15, 0.2) is 34.8 Å². The third-order valence-corrected chi connectivity index (χ3v) is 2.81. The minimum atomic E-state index is -1.16. The summed E-state index contributed by atoms with van der Waals surface area (Å²) in [6, 6.07) is 4.59. The Kier molecular flexibility index (Phi) is 5.33. The maximum absolute atomic E-state index is 10.4. The Labute approximate surface area is 112 Å². The average Bonchev–Trinajstić information content (AvgIpc) is 2.32. The second kappa shape index (κ2) is 6.53. The van der Waals surface area contributed by atoms with Crippen molar-refractivity contribution in [2.24, 2.45) is 0 Å². The molecule has 0 aliphatic carbocycles. The zero-order valence-electron chi connectivity index (χ0n) is 9.58. The summed E-state index contributed by atoms with van der Waals surface area (Å²) in [5, 5.41) is 28.2. The molecule has 5 nitrogen and oxygen atoms in total. The maximum atomic E-state index is 10.4. The van der Waals surface area contributed by atoms with Crippen LogP contribution in [0.3, 0.4) is 0 Å². The molecule has 2 atom stereocenters. The van der Waals surface area contributed by atoms with Gasteiger partial charge in [-0.05, 0) is 24.3 Å². The van der Waals surface area contributed by atoms with Gasteiger partial charge in [0.25, 0.3) is 0 Å². The van der Waals surface area contributed by atoms with Crippen LogP contribution in [-0.4, -0.2) is 34.5 Å². The largest absolute Gasteiger partial charge is 0.508 e. The Morgan fingerprint density at radius 1 is 1.50 bits per heavy atom. The lowest BCUT2D eigenvalue weighted by Gasteiger charge is -2.19. The van der Waals surface area contributed by atoms with Crippen molar-refractivity contribution >= 4 is 21.9 Å². The number of carboxylic acid groups (broad SMARTS) is 1. The Balaban J connectivity index is 2.99. The highest BCUT2D eigenvalue weighted by Crippen LogP contribution is 2.30. The van der Waals surface area contributed by atoms with Gasteiger partial charge in [0, 0.05) is 23.2 Å². The highest BCUT2D eigenvalue weighted by molar-refractivity contribution is 9.10. The molecule has 1 aromatic rings. The molecule has 0 saturated carbocycles. The van der Waals surface area contributed by atoms with Gasteiger partial charge in [-0.3, -0.25) is 0 Å². The maximum Gasteiger partial charge on any atom is 0.328 e. The van der Waals surface area contributed by atoms with Crippen molar-refractivity contribution < 1.29 is 24.9 Å². The number of carboxylic acids is 1. The monoisotopic (exact) mass is 316 g/mol. The van der Waals surface area contributed by atoms with Crippen molar-refractivity contribution in [3.05, 3.63) is 40.4 Å². The van der Waals surface area contributed by atoms with Crippen LogP contribution < -0.4 is 0 Å². The van der Waals surface area contributed by atoms with Crippen molar-refractivity contribution in [3.8, 4) is 5.75 Å². The zero-order valence-corrected chi connectivity index (χ0v) is 11.2. The molecule has 0 aliphatic rings. The Hall–Kier alpha value is -1.37. The number of rotatable bonds is 5. The summed E-state index contributed by atoms with van der Waals surface area (Å²) in [5.74, 6) is -1.22. The Bertz CT molecular complexity index is 458. The fourth-order valence-electron chi connectivity index (χ4n) is 1.43. The van der Waals surface area contributed by atoms with Crippen LogP contribution in [0.25, 0.3) is 0 Å². The van der Waals surface area contributed by atoms with E-state index in [-0.39, 0.29) is 11.3 Å². The minimum absolute atomic E-state index is 0.0866. The average molecular weight is 317 g/mol. The van der Waals surface area contributed by atoms with E-state index in [1.165, 1.54) is 19.3 Å². The lowest BCUT2D eigenvalue weighted by atomic mass is 10.0. The zero-order chi connectivity index (χ0) is 13.7. The van der Waals surface area contributed by atoms with Gasteiger partial charge >= 0.3 is 5.97 Å². The van der Waals surface area contributed by atoms with Crippen molar-refractivity contribution in [2.45, 2.75) is 12.2 Å². The number of benzene rings is 1. The smallest absolute Gasteiger partial charge is 0.328 e. The van der Waals surface area contributed by atoms with Gasteiger partial charge in [-0.1, -0.05) is 15.9 Å². The number of phenolic OH excluding ortho intramolecular Hbond substituents is 1. The first-order valence-corrected chi connectivity index (χ1v) is 5.85. The molecule has 0 saturated heterocycles. The normalized spacial score (nSPS) is 14.6. The standard InChI is InChI=1S/C12H13BrO5/c1-18-10(4-5-11(15)16)12(17)8-6-7(13)2-3-9(8)14/h2-6,10,12,14,17H,1H3,(H,15,16)/b5-4+/t10-,12-/m0/s1. The van der Waals surface area contributed by atoms with Crippen LogP contribution in [0.5, 0.6) is 5.75 Å². The molecule has 1 aromatic carbocycles. The van der Waals surface area contributed by atoms with Crippen molar-refractivity contribution in [1.29, 1.82) is 0 Å². The number of methoxy groups -OCH3 is 1. The summed E-state index contributed by atoms with van der Waals surface area (Å²) < 4.78 is 5.67. The molecule has 0 aliphatic heterocycles. The quantitative estimate of drug-likeness (QED) is 0.722. The summed E-state index contributed by atoms with van der Waals surface area (Å²) in [4.78, 5) is 10.4. The molecule has 0 heterocycles. The Morgan fingerprint density at radius 3 is 2.72 bits per heavy atom. The van der Waals surface area contributed by atoms with Gasteiger partial charge in [0.05, 0.1) is 0 Å². The molecule has 0 amide bonds. The molecular weight excluding hydrogens is 304 g/mol. The van der Waals surface area contributed by atoms with E-state index in [4.69, 9.17) is 9.84 Å². The molecule has 0 bridgehead atoms. The highest BCUT2D eigenvalue weighted by Gasteiger charge is 2.21. The van der Waals surface area contributed by atoms with Crippen LogP contribution >= 0.6 is 15.9 Å². The Morgan fingerprint density at radius 2 is 2.17 bits per heavy atom. The van der Waals surface area contributed by atoms with E-state index in [0.717, 1.165) is 6.08 Å². The SMILES string of the molecule is CO[C@@H](/C=C/C(=O)O)[C@@H](O)c1cc(Br)ccc1O. The summed E-state index contributed by atoms with van der Waals surface area (Å²) >= 11 is 3.22. The first-order valence-electron chi connectivity index (χ1n) is 5.06. The van der Waals surface area contributed by atoms with Gasteiger partial charge in [0.1, 0.15) is 18.0 Å². The van der Waals surface area contributed by atoms with E-state index in [1.807, 2.05) is 0 Å². The second-order valence-corrected chi connectivity index (χ2v) is 4.46. The summed E-state index contributed by atoms with van der Waals surface area (Å²) in [6.07, 6.45) is 0.0733. The van der Waals surface area contributed by atoms with E-state index in [2.05, 4.69) is 15.9 Å². The first-order chi connectivity index (χ1) is 8.45. The molecule has 0 aromatic heterocycles. The van der Waals surface area contributed by atoms with Crippen LogP contribution in [0, 0.1) is 0 Å². The van der Waals surface area contributed by atoms with Gasteiger partial charge in [-0.25, -0.2) is 4.79 Å². The van der Waals surface area contributed by atoms with Gasteiger partial charge in [0.15, 0.2) is 0 Å². The summed E-state index contributed by atoms with van der Waals surface area (Å²) in [7, 11) is 1.34. The van der Waals surface area contributed by atoms with Crippen molar-refractivity contribution in [2.75, 3.05) is 7.11 Å². The number of hydrogen-bond acceptors (Lipinski definition) is 4. The first kappa shape index (κ1) is 14.7. The third-order valence-electron chi connectivity index (χ3n) is 2.32. The van der Waals surface area contributed by atoms with Crippen molar-refractivity contribution in [1.82, 2.24) is 0 Å². The molecule has 0 unspecified atom stereocenters.